The van der Waals surface area contributed by atoms with E-state index in [1.165, 1.54) is 44.9 Å². The number of pyridine rings is 1. The van der Waals surface area contributed by atoms with Crippen LogP contribution in [0.1, 0.15) is 50.5 Å². The lowest BCUT2D eigenvalue weighted by molar-refractivity contribution is 0.471. The van der Waals surface area contributed by atoms with E-state index in [4.69, 9.17) is 16.9 Å². The Kier molecular flexibility index (Phi) is 4.83. The largest absolute Gasteiger partial charge is 0.367 e. The molecule has 0 bridgehead atoms. The van der Waals surface area contributed by atoms with Gasteiger partial charge in [0, 0.05) is 6.04 Å². The zero-order valence-corrected chi connectivity index (χ0v) is 11.2. The first-order valence-electron chi connectivity index (χ1n) is 6.62. The molecule has 0 aliphatic heterocycles. The van der Waals surface area contributed by atoms with Gasteiger partial charge in [-0.2, -0.15) is 5.26 Å². The summed E-state index contributed by atoms with van der Waals surface area (Å²) in [6.07, 6.45) is 8.90. The summed E-state index contributed by atoms with van der Waals surface area (Å²) in [6, 6.07) is 5.92. The maximum atomic E-state index is 8.91. The van der Waals surface area contributed by atoms with Gasteiger partial charge in [-0.15, -0.1) is 0 Å². The Balaban J connectivity index is 2.03. The van der Waals surface area contributed by atoms with E-state index in [2.05, 4.69) is 16.4 Å². The highest BCUT2D eigenvalue weighted by Crippen LogP contribution is 2.21. The third-order valence-electron chi connectivity index (χ3n) is 3.38. The fourth-order valence-electron chi connectivity index (χ4n) is 2.45. The summed E-state index contributed by atoms with van der Waals surface area (Å²) in [6.45, 7) is 0. The van der Waals surface area contributed by atoms with E-state index in [1.807, 2.05) is 0 Å². The van der Waals surface area contributed by atoms with Crippen molar-refractivity contribution < 1.29 is 0 Å². The molecule has 1 N–H and O–H groups in total. The van der Waals surface area contributed by atoms with Crippen LogP contribution in [-0.2, 0) is 0 Å². The normalized spacial score (nSPS) is 17.6. The number of hydrogen-bond acceptors (Lipinski definition) is 3. The fourth-order valence-corrected chi connectivity index (χ4v) is 2.65. The molecule has 2 rings (SSSR count). The van der Waals surface area contributed by atoms with Crippen LogP contribution in [0.25, 0.3) is 0 Å². The number of rotatable bonds is 2. The van der Waals surface area contributed by atoms with Crippen LogP contribution in [-0.4, -0.2) is 11.0 Å². The van der Waals surface area contributed by atoms with Gasteiger partial charge in [-0.3, -0.25) is 0 Å². The van der Waals surface area contributed by atoms with Crippen molar-refractivity contribution in [3.05, 3.63) is 22.8 Å². The second-order valence-electron chi connectivity index (χ2n) is 4.86. The highest BCUT2D eigenvalue weighted by Gasteiger charge is 2.12. The quantitative estimate of drug-likeness (QED) is 0.816. The zero-order chi connectivity index (χ0) is 12.8. The summed E-state index contributed by atoms with van der Waals surface area (Å²) in [7, 11) is 0. The van der Waals surface area contributed by atoms with Crippen LogP contribution in [0, 0.1) is 11.3 Å². The first-order valence-corrected chi connectivity index (χ1v) is 7.00. The van der Waals surface area contributed by atoms with Crippen LogP contribution in [0.2, 0.25) is 5.15 Å². The van der Waals surface area contributed by atoms with Gasteiger partial charge in [-0.25, -0.2) is 4.98 Å². The first-order chi connectivity index (χ1) is 8.78. The summed E-state index contributed by atoms with van der Waals surface area (Å²) in [5.41, 5.74) is 0.559. The molecule has 96 valence electrons. The molecule has 1 aromatic rings. The van der Waals surface area contributed by atoms with E-state index in [1.54, 1.807) is 12.1 Å². The third-order valence-corrected chi connectivity index (χ3v) is 3.57. The summed E-state index contributed by atoms with van der Waals surface area (Å²) in [5, 5.41) is 12.7. The zero-order valence-electron chi connectivity index (χ0n) is 10.5. The monoisotopic (exact) mass is 263 g/mol. The van der Waals surface area contributed by atoms with Crippen LogP contribution in [0.4, 0.5) is 5.82 Å². The third kappa shape index (κ3) is 3.89. The molecule has 4 heteroatoms. The second-order valence-corrected chi connectivity index (χ2v) is 5.25. The maximum Gasteiger partial charge on any atom is 0.132 e. The average molecular weight is 264 g/mol. The molecule has 3 nitrogen and oxygen atoms in total. The van der Waals surface area contributed by atoms with E-state index < -0.39 is 0 Å². The molecule has 1 fully saturated rings. The van der Waals surface area contributed by atoms with E-state index in [0.29, 0.717) is 16.8 Å². The molecule has 0 amide bonds. The molecule has 1 aromatic heterocycles. The van der Waals surface area contributed by atoms with Crippen molar-refractivity contribution >= 4 is 17.4 Å². The first kappa shape index (κ1) is 13.2. The molecule has 0 aromatic carbocycles. The van der Waals surface area contributed by atoms with Crippen molar-refractivity contribution in [3.63, 3.8) is 0 Å². The number of nitrogens with zero attached hydrogens (tertiary/aromatic N) is 2. The standard InChI is InChI=1S/C14H18ClN3/c15-13-8-11(10-16)9-14(18-13)17-12-6-4-2-1-3-5-7-12/h8-9,12H,1-7H2,(H,17,18). The lowest BCUT2D eigenvalue weighted by atomic mass is 9.97. The average Bonchev–Trinajstić information content (AvgIpc) is 2.31. The van der Waals surface area contributed by atoms with Crippen LogP contribution < -0.4 is 5.32 Å². The van der Waals surface area contributed by atoms with Crippen molar-refractivity contribution in [2.45, 2.75) is 51.0 Å². The molecule has 1 heterocycles. The van der Waals surface area contributed by atoms with Crippen LogP contribution in [0.15, 0.2) is 12.1 Å². The van der Waals surface area contributed by atoms with E-state index >= 15 is 0 Å². The molecular weight excluding hydrogens is 246 g/mol. The molecule has 0 unspecified atom stereocenters. The Morgan fingerprint density at radius 2 is 1.83 bits per heavy atom. The van der Waals surface area contributed by atoms with Gasteiger partial charge >= 0.3 is 0 Å². The lowest BCUT2D eigenvalue weighted by Gasteiger charge is -2.21. The van der Waals surface area contributed by atoms with E-state index in [0.717, 1.165) is 5.82 Å². The molecule has 1 aliphatic carbocycles. The van der Waals surface area contributed by atoms with Crippen LogP contribution >= 0.6 is 11.6 Å². The molecular formula is C14H18ClN3. The Morgan fingerprint density at radius 3 is 2.50 bits per heavy atom. The van der Waals surface area contributed by atoms with E-state index in [-0.39, 0.29) is 0 Å². The van der Waals surface area contributed by atoms with Gasteiger partial charge in [-0.1, -0.05) is 43.7 Å². The van der Waals surface area contributed by atoms with Crippen molar-refractivity contribution in [1.82, 2.24) is 4.98 Å². The minimum Gasteiger partial charge on any atom is -0.367 e. The summed E-state index contributed by atoms with van der Waals surface area (Å²) in [5.74, 6) is 0.727. The van der Waals surface area contributed by atoms with Gasteiger partial charge in [0.15, 0.2) is 0 Å². The fraction of sp³-hybridized carbons (Fsp3) is 0.571. The van der Waals surface area contributed by atoms with Crippen LogP contribution in [0.3, 0.4) is 0 Å². The predicted octanol–water partition coefficient (Wildman–Crippen LogP) is 4.13. The minimum absolute atomic E-state index is 0.377. The Bertz CT molecular complexity index is 431. The van der Waals surface area contributed by atoms with E-state index in [9.17, 15) is 0 Å². The van der Waals surface area contributed by atoms with Gasteiger partial charge in [0.05, 0.1) is 11.6 Å². The molecule has 18 heavy (non-hydrogen) atoms. The lowest BCUT2D eigenvalue weighted by Crippen LogP contribution is -2.21. The SMILES string of the molecule is N#Cc1cc(Cl)nc(NC2CCCCCCC2)c1. The molecule has 0 radical (unpaired) electrons. The Labute approximate surface area is 113 Å². The number of nitrogens with one attached hydrogen (secondary N) is 1. The Morgan fingerprint density at radius 1 is 1.17 bits per heavy atom. The summed E-state index contributed by atoms with van der Waals surface area (Å²) < 4.78 is 0. The van der Waals surface area contributed by atoms with Gasteiger partial charge in [0.1, 0.15) is 11.0 Å². The summed E-state index contributed by atoms with van der Waals surface area (Å²) >= 11 is 5.90. The van der Waals surface area contributed by atoms with Crippen molar-refractivity contribution in [2.24, 2.45) is 0 Å². The topological polar surface area (TPSA) is 48.7 Å². The predicted molar refractivity (Wildman–Crippen MR) is 73.7 cm³/mol. The highest BCUT2D eigenvalue weighted by atomic mass is 35.5. The van der Waals surface area contributed by atoms with Gasteiger partial charge in [0.2, 0.25) is 0 Å². The molecule has 0 saturated heterocycles. The molecule has 1 saturated carbocycles. The number of nitriles is 1. The minimum atomic E-state index is 0.377. The number of aromatic nitrogens is 1. The number of anilines is 1. The smallest absolute Gasteiger partial charge is 0.132 e. The van der Waals surface area contributed by atoms with Gasteiger partial charge < -0.3 is 5.32 Å². The highest BCUT2D eigenvalue weighted by molar-refractivity contribution is 6.29. The van der Waals surface area contributed by atoms with Crippen molar-refractivity contribution in [3.8, 4) is 6.07 Å². The van der Waals surface area contributed by atoms with Crippen molar-refractivity contribution in [1.29, 1.82) is 5.26 Å². The van der Waals surface area contributed by atoms with Gasteiger partial charge in [0.25, 0.3) is 0 Å². The van der Waals surface area contributed by atoms with Crippen molar-refractivity contribution in [2.75, 3.05) is 5.32 Å². The van der Waals surface area contributed by atoms with Crippen LogP contribution in [0.5, 0.6) is 0 Å². The molecule has 0 spiro atoms. The Hall–Kier alpha value is -1.27. The molecule has 0 atom stereocenters. The maximum absolute atomic E-state index is 8.91. The molecule has 1 aliphatic rings. The van der Waals surface area contributed by atoms with Gasteiger partial charge in [-0.05, 0) is 25.0 Å². The number of halogens is 1. The summed E-state index contributed by atoms with van der Waals surface area (Å²) in [4.78, 5) is 4.23. The number of hydrogen-bond donors (Lipinski definition) is 1. The second kappa shape index (κ2) is 6.61.